The van der Waals surface area contributed by atoms with Crippen molar-refractivity contribution in [3.8, 4) is 5.75 Å². The number of hydrogen-bond donors (Lipinski definition) is 2. The fraction of sp³-hybridized carbons (Fsp3) is 0.562. The second-order valence-corrected chi connectivity index (χ2v) is 5.56. The molecule has 0 radical (unpaired) electrons. The highest BCUT2D eigenvalue weighted by Crippen LogP contribution is 2.27. The molecule has 2 N–H and O–H groups in total. The summed E-state index contributed by atoms with van der Waals surface area (Å²) in [6.45, 7) is 2.44. The van der Waals surface area contributed by atoms with Crippen molar-refractivity contribution in [1.82, 2.24) is 10.6 Å². The van der Waals surface area contributed by atoms with Crippen LogP contribution in [0.3, 0.4) is 0 Å². The third kappa shape index (κ3) is 4.35. The van der Waals surface area contributed by atoms with Crippen molar-refractivity contribution < 1.29 is 14.3 Å². The van der Waals surface area contributed by atoms with E-state index in [1.807, 2.05) is 24.3 Å². The van der Waals surface area contributed by atoms with Crippen LogP contribution in [0.25, 0.3) is 0 Å². The summed E-state index contributed by atoms with van der Waals surface area (Å²) in [5.74, 6) is 0.811. The highest BCUT2D eigenvalue weighted by atomic mass is 35.5. The average Bonchev–Trinajstić information content (AvgIpc) is 2.50. The Labute approximate surface area is 137 Å². The van der Waals surface area contributed by atoms with Gasteiger partial charge in [0.25, 0.3) is 5.91 Å². The Morgan fingerprint density at radius 3 is 2.86 bits per heavy atom. The Morgan fingerprint density at radius 1 is 1.36 bits per heavy atom. The number of nitrogens with one attached hydrogen (secondary N) is 2. The van der Waals surface area contributed by atoms with Gasteiger partial charge in [0, 0.05) is 25.2 Å². The zero-order valence-corrected chi connectivity index (χ0v) is 13.4. The molecule has 1 aliphatic heterocycles. The van der Waals surface area contributed by atoms with Gasteiger partial charge in [0.1, 0.15) is 11.9 Å². The van der Waals surface area contributed by atoms with Gasteiger partial charge in [0.2, 0.25) is 0 Å². The van der Waals surface area contributed by atoms with Crippen LogP contribution < -0.4 is 15.4 Å². The van der Waals surface area contributed by atoms with E-state index >= 15 is 0 Å². The van der Waals surface area contributed by atoms with Crippen LogP contribution in [0.15, 0.2) is 24.3 Å². The van der Waals surface area contributed by atoms with E-state index < -0.39 is 6.10 Å². The molecule has 1 saturated heterocycles. The minimum atomic E-state index is -0.390. The predicted molar refractivity (Wildman–Crippen MR) is 86.4 cm³/mol. The molecule has 5 nitrogen and oxygen atoms in total. The number of halogens is 1. The number of benzene rings is 1. The van der Waals surface area contributed by atoms with Crippen molar-refractivity contribution in [1.29, 1.82) is 0 Å². The third-order valence-corrected chi connectivity index (χ3v) is 3.99. The van der Waals surface area contributed by atoms with Gasteiger partial charge in [-0.1, -0.05) is 18.2 Å². The van der Waals surface area contributed by atoms with E-state index in [2.05, 4.69) is 10.6 Å². The molecule has 1 amide bonds. The monoisotopic (exact) mass is 326 g/mol. The summed E-state index contributed by atoms with van der Waals surface area (Å²) >= 11 is 0. The molecule has 22 heavy (non-hydrogen) atoms. The highest BCUT2D eigenvalue weighted by Gasteiger charge is 2.22. The molecule has 1 atom stereocenters. The Bertz CT molecular complexity index is 488. The molecule has 1 saturated carbocycles. The van der Waals surface area contributed by atoms with Crippen LogP contribution >= 0.6 is 12.4 Å². The van der Waals surface area contributed by atoms with Crippen LogP contribution in [-0.4, -0.2) is 37.8 Å². The largest absolute Gasteiger partial charge is 0.490 e. The molecule has 2 aliphatic rings. The fourth-order valence-corrected chi connectivity index (χ4v) is 2.46. The van der Waals surface area contributed by atoms with Gasteiger partial charge >= 0.3 is 0 Å². The minimum absolute atomic E-state index is 0. The van der Waals surface area contributed by atoms with Gasteiger partial charge in [0.15, 0.2) is 0 Å². The normalized spacial score (nSPS) is 21.4. The van der Waals surface area contributed by atoms with Crippen LogP contribution in [0.2, 0.25) is 0 Å². The number of carbonyl (C=O) groups is 1. The van der Waals surface area contributed by atoms with Gasteiger partial charge in [-0.25, -0.2) is 0 Å². The van der Waals surface area contributed by atoms with Crippen LogP contribution in [-0.2, 0) is 16.1 Å². The average molecular weight is 327 g/mol. The van der Waals surface area contributed by atoms with Gasteiger partial charge in [-0.05, 0) is 25.3 Å². The lowest BCUT2D eigenvalue weighted by Gasteiger charge is -2.27. The maximum Gasteiger partial charge on any atom is 0.250 e. The maximum atomic E-state index is 12.1. The fourth-order valence-electron chi connectivity index (χ4n) is 2.46. The number of ether oxygens (including phenoxy) is 2. The van der Waals surface area contributed by atoms with E-state index in [9.17, 15) is 4.79 Å². The van der Waals surface area contributed by atoms with Gasteiger partial charge in [-0.2, -0.15) is 0 Å². The lowest BCUT2D eigenvalue weighted by molar-refractivity contribution is -0.134. The Hall–Kier alpha value is -1.30. The molecule has 1 aromatic carbocycles. The maximum absolute atomic E-state index is 12.1. The molecule has 1 aliphatic carbocycles. The molecule has 0 aromatic heterocycles. The zero-order valence-electron chi connectivity index (χ0n) is 12.5. The lowest BCUT2D eigenvalue weighted by atomic mass is 9.96. The van der Waals surface area contributed by atoms with Gasteiger partial charge in [-0.15, -0.1) is 12.4 Å². The molecule has 122 valence electrons. The molecule has 1 unspecified atom stereocenters. The quantitative estimate of drug-likeness (QED) is 0.863. The number of rotatable bonds is 5. The number of para-hydroxylation sites is 1. The Kier molecular flexibility index (Phi) is 6.49. The standard InChI is InChI=1S/C16H22N2O3.ClH/c19-16(15-11-17-8-9-20-15)18-10-12-4-1-2-7-14(12)21-13-5-3-6-13;/h1-2,4,7,13,15,17H,3,5-6,8-11H2,(H,18,19);1H. The number of hydrogen-bond acceptors (Lipinski definition) is 4. The molecule has 3 rings (SSSR count). The molecule has 0 spiro atoms. The first kappa shape index (κ1) is 17.1. The van der Waals surface area contributed by atoms with Crippen LogP contribution in [0.4, 0.5) is 0 Å². The second kappa shape index (κ2) is 8.36. The van der Waals surface area contributed by atoms with E-state index in [1.165, 1.54) is 6.42 Å². The second-order valence-electron chi connectivity index (χ2n) is 5.56. The highest BCUT2D eigenvalue weighted by molar-refractivity contribution is 5.85. The van der Waals surface area contributed by atoms with Crippen molar-refractivity contribution in [3.63, 3.8) is 0 Å². The third-order valence-electron chi connectivity index (χ3n) is 3.99. The molecular formula is C16H23ClN2O3. The van der Waals surface area contributed by atoms with E-state index in [4.69, 9.17) is 9.47 Å². The Morgan fingerprint density at radius 2 is 2.18 bits per heavy atom. The van der Waals surface area contributed by atoms with Crippen molar-refractivity contribution in [2.45, 2.75) is 38.0 Å². The van der Waals surface area contributed by atoms with Gasteiger partial charge < -0.3 is 20.1 Å². The summed E-state index contributed by atoms with van der Waals surface area (Å²) in [6, 6.07) is 7.90. The predicted octanol–water partition coefficient (Wildman–Crippen LogP) is 1.64. The summed E-state index contributed by atoms with van der Waals surface area (Å²) in [6.07, 6.45) is 3.45. The van der Waals surface area contributed by atoms with Crippen molar-refractivity contribution in [3.05, 3.63) is 29.8 Å². The van der Waals surface area contributed by atoms with Crippen molar-refractivity contribution in [2.75, 3.05) is 19.7 Å². The molecule has 1 aromatic rings. The minimum Gasteiger partial charge on any atom is -0.490 e. The topological polar surface area (TPSA) is 59.6 Å². The molecule has 6 heteroatoms. The van der Waals surface area contributed by atoms with Crippen LogP contribution in [0, 0.1) is 0 Å². The summed E-state index contributed by atoms with van der Waals surface area (Å²) in [5, 5.41) is 6.09. The summed E-state index contributed by atoms with van der Waals surface area (Å²) < 4.78 is 11.4. The van der Waals surface area contributed by atoms with E-state index in [-0.39, 0.29) is 18.3 Å². The number of amides is 1. The first-order chi connectivity index (χ1) is 10.3. The zero-order chi connectivity index (χ0) is 14.5. The first-order valence-corrected chi connectivity index (χ1v) is 7.67. The van der Waals surface area contributed by atoms with Crippen molar-refractivity contribution >= 4 is 18.3 Å². The summed E-state index contributed by atoms with van der Waals surface area (Å²) in [7, 11) is 0. The van der Waals surface area contributed by atoms with Crippen molar-refractivity contribution in [2.24, 2.45) is 0 Å². The summed E-state index contributed by atoms with van der Waals surface area (Å²) in [5.41, 5.74) is 1.02. The van der Waals surface area contributed by atoms with Gasteiger partial charge in [0.05, 0.1) is 12.7 Å². The van der Waals surface area contributed by atoms with E-state index in [0.717, 1.165) is 30.7 Å². The first-order valence-electron chi connectivity index (χ1n) is 7.67. The van der Waals surface area contributed by atoms with Gasteiger partial charge in [-0.3, -0.25) is 4.79 Å². The van der Waals surface area contributed by atoms with E-state index in [1.54, 1.807) is 0 Å². The Balaban J connectivity index is 0.00000176. The van der Waals surface area contributed by atoms with Crippen LogP contribution in [0.5, 0.6) is 5.75 Å². The molecule has 2 fully saturated rings. The number of morpholine rings is 1. The summed E-state index contributed by atoms with van der Waals surface area (Å²) in [4.78, 5) is 12.1. The molecule has 0 bridgehead atoms. The molecule has 1 heterocycles. The van der Waals surface area contributed by atoms with E-state index in [0.29, 0.717) is 25.8 Å². The molecular weight excluding hydrogens is 304 g/mol. The van der Waals surface area contributed by atoms with Crippen LogP contribution in [0.1, 0.15) is 24.8 Å². The smallest absolute Gasteiger partial charge is 0.250 e. The lowest BCUT2D eigenvalue weighted by Crippen LogP contribution is -2.47. The number of carbonyl (C=O) groups excluding carboxylic acids is 1. The SMILES string of the molecule is Cl.O=C(NCc1ccccc1OC1CCC1)C1CNCCO1.